The van der Waals surface area contributed by atoms with Crippen LogP contribution in [0.25, 0.3) is 4.24 Å². The van der Waals surface area contributed by atoms with Gasteiger partial charge in [0, 0.05) is 0 Å². The Labute approximate surface area is 109 Å². The third-order valence-corrected chi connectivity index (χ3v) is 3.29. The minimum atomic E-state index is -3.77. The molecule has 0 bridgehead atoms. The maximum Gasteiger partial charge on any atom is 1.00 e. The molecule has 0 spiro atoms. The van der Waals surface area contributed by atoms with Gasteiger partial charge in [0.15, 0.2) is 0 Å². The zero-order chi connectivity index (χ0) is 9.19. The Kier molecular flexibility index (Phi) is 5.86. The molecule has 66 valence electrons. The number of hydrogen-bond donors (Lipinski definition) is 0. The second-order valence-corrected chi connectivity index (χ2v) is 4.32. The van der Waals surface area contributed by atoms with Crippen LogP contribution in [0.1, 0.15) is 0 Å². The molecule has 1 aromatic rings. The van der Waals surface area contributed by atoms with Gasteiger partial charge in [-0.05, 0) is 12.1 Å². The van der Waals surface area contributed by atoms with E-state index in [0.717, 1.165) is 0 Å². The first-order valence-electron chi connectivity index (χ1n) is 2.91. The Morgan fingerprint density at radius 2 is 1.77 bits per heavy atom. The van der Waals surface area contributed by atoms with Crippen LogP contribution in [0.15, 0.2) is 29.2 Å². The van der Waals surface area contributed by atoms with Crippen LogP contribution in [0.4, 0.5) is 0 Å². The molecule has 0 aromatic heterocycles. The van der Waals surface area contributed by atoms with E-state index < -0.39 is 10.0 Å². The fourth-order valence-corrected chi connectivity index (χ4v) is 1.98. The third-order valence-electron chi connectivity index (χ3n) is 1.21. The molecule has 0 aliphatic carbocycles. The summed E-state index contributed by atoms with van der Waals surface area (Å²) in [6.07, 6.45) is 0. The SMILES string of the molecule is O=S(=O)([N-]Cl)c1ccccc1Cl.[Na+]. The fraction of sp³-hybridized carbons (Fsp3) is 0. The van der Waals surface area contributed by atoms with Crippen molar-refractivity contribution in [3.63, 3.8) is 0 Å². The van der Waals surface area contributed by atoms with Crippen LogP contribution in [-0.2, 0) is 10.0 Å². The first-order chi connectivity index (χ1) is 5.58. The summed E-state index contributed by atoms with van der Waals surface area (Å²) in [4.78, 5) is -0.0818. The van der Waals surface area contributed by atoms with E-state index in [2.05, 4.69) is 4.24 Å². The van der Waals surface area contributed by atoms with E-state index in [-0.39, 0.29) is 39.5 Å². The van der Waals surface area contributed by atoms with Gasteiger partial charge in [0.05, 0.1) is 9.92 Å². The van der Waals surface area contributed by atoms with Crippen LogP contribution in [0.2, 0.25) is 5.02 Å². The van der Waals surface area contributed by atoms with E-state index in [1.54, 1.807) is 12.1 Å². The van der Waals surface area contributed by atoms with Gasteiger partial charge >= 0.3 is 29.6 Å². The number of sulfonamides is 1. The predicted octanol–water partition coefficient (Wildman–Crippen LogP) is -0.440. The third kappa shape index (κ3) is 3.40. The Balaban J connectivity index is 0.00000144. The zero-order valence-electron chi connectivity index (χ0n) is 6.74. The van der Waals surface area contributed by atoms with Crippen LogP contribution in [0.3, 0.4) is 0 Å². The molecule has 0 atom stereocenters. The molecule has 0 radical (unpaired) electrons. The minimum absolute atomic E-state index is 0. The number of halogens is 2. The molecule has 13 heavy (non-hydrogen) atoms. The number of nitrogens with zero attached hydrogens (tertiary/aromatic N) is 1. The van der Waals surface area contributed by atoms with E-state index in [0.29, 0.717) is 0 Å². The van der Waals surface area contributed by atoms with Gasteiger partial charge in [-0.1, -0.05) is 23.7 Å². The first-order valence-corrected chi connectivity index (χ1v) is 5.06. The van der Waals surface area contributed by atoms with Gasteiger partial charge in [-0.2, -0.15) is 0 Å². The average Bonchev–Trinajstić information content (AvgIpc) is 2.05. The topological polar surface area (TPSA) is 48.2 Å². The van der Waals surface area contributed by atoms with Gasteiger partial charge in [0.1, 0.15) is 10.0 Å². The Bertz CT molecular complexity index is 382. The molecule has 0 saturated carbocycles. The van der Waals surface area contributed by atoms with Crippen molar-refractivity contribution in [1.29, 1.82) is 0 Å². The molecule has 0 heterocycles. The normalized spacial score (nSPS) is 10.6. The summed E-state index contributed by atoms with van der Waals surface area (Å²) in [6, 6.07) is 5.95. The van der Waals surface area contributed by atoms with E-state index >= 15 is 0 Å². The summed E-state index contributed by atoms with van der Waals surface area (Å²) < 4.78 is 24.8. The molecule has 0 unspecified atom stereocenters. The van der Waals surface area contributed by atoms with Crippen molar-refractivity contribution < 1.29 is 38.0 Å². The molecule has 7 heteroatoms. The maximum atomic E-state index is 11.0. The summed E-state index contributed by atoms with van der Waals surface area (Å²) in [5.74, 6) is 0. The van der Waals surface area contributed by atoms with Crippen molar-refractivity contribution in [2.45, 2.75) is 4.90 Å². The molecular weight excluding hydrogens is 244 g/mol. The second-order valence-electron chi connectivity index (χ2n) is 1.97. The van der Waals surface area contributed by atoms with Gasteiger partial charge < -0.3 is 4.24 Å². The summed E-state index contributed by atoms with van der Waals surface area (Å²) in [7, 11) is -3.77. The molecule has 0 fully saturated rings. The van der Waals surface area contributed by atoms with Gasteiger partial charge in [-0.25, -0.2) is 8.42 Å². The number of hydrogen-bond acceptors (Lipinski definition) is 2. The smallest absolute Gasteiger partial charge is 0.458 e. The predicted molar refractivity (Wildman–Crippen MR) is 47.8 cm³/mol. The molecule has 3 nitrogen and oxygen atoms in total. The van der Waals surface area contributed by atoms with E-state index in [1.165, 1.54) is 12.1 Å². The molecule has 0 amide bonds. The van der Waals surface area contributed by atoms with E-state index in [4.69, 9.17) is 23.4 Å². The molecule has 1 rings (SSSR count). The largest absolute Gasteiger partial charge is 1.00 e. The van der Waals surface area contributed by atoms with Gasteiger partial charge in [0.25, 0.3) is 0 Å². The first kappa shape index (κ1) is 13.7. The molecule has 0 aliphatic rings. The van der Waals surface area contributed by atoms with Crippen LogP contribution in [-0.4, -0.2) is 8.42 Å². The Hall–Kier alpha value is 0.710. The van der Waals surface area contributed by atoms with Crippen LogP contribution >= 0.6 is 23.4 Å². The summed E-state index contributed by atoms with van der Waals surface area (Å²) in [5, 5.41) is 0.113. The molecular formula is C6H4Cl2NNaO2S. The Morgan fingerprint density at radius 3 is 2.23 bits per heavy atom. The second kappa shape index (κ2) is 5.56. The van der Waals surface area contributed by atoms with Gasteiger partial charge in [-0.15, -0.1) is 0 Å². The molecule has 0 N–H and O–H groups in total. The molecule has 1 aromatic carbocycles. The average molecular weight is 248 g/mol. The summed E-state index contributed by atoms with van der Waals surface area (Å²) >= 11 is 10.5. The van der Waals surface area contributed by atoms with Crippen molar-refractivity contribution >= 4 is 33.4 Å². The number of rotatable bonds is 2. The summed E-state index contributed by atoms with van der Waals surface area (Å²) in [6.45, 7) is 0. The van der Waals surface area contributed by atoms with Crippen LogP contribution in [0.5, 0.6) is 0 Å². The fourth-order valence-electron chi connectivity index (χ4n) is 0.691. The summed E-state index contributed by atoms with van der Waals surface area (Å²) in [5.41, 5.74) is 0. The maximum absolute atomic E-state index is 11.0. The van der Waals surface area contributed by atoms with Crippen molar-refractivity contribution in [1.82, 2.24) is 0 Å². The van der Waals surface area contributed by atoms with E-state index in [9.17, 15) is 8.42 Å². The van der Waals surface area contributed by atoms with Crippen molar-refractivity contribution in [3.05, 3.63) is 33.5 Å². The van der Waals surface area contributed by atoms with E-state index in [1.807, 2.05) is 0 Å². The van der Waals surface area contributed by atoms with Crippen molar-refractivity contribution in [3.8, 4) is 0 Å². The monoisotopic (exact) mass is 247 g/mol. The zero-order valence-corrected chi connectivity index (χ0v) is 11.1. The standard InChI is InChI=1S/C6H4Cl2NO2S.Na/c7-5-3-1-2-4-6(5)12(10,11)9-8;/h1-4H;/q-1;+1. The van der Waals surface area contributed by atoms with Crippen molar-refractivity contribution in [2.75, 3.05) is 0 Å². The van der Waals surface area contributed by atoms with Crippen LogP contribution in [0, 0.1) is 0 Å². The van der Waals surface area contributed by atoms with Crippen molar-refractivity contribution in [2.24, 2.45) is 0 Å². The van der Waals surface area contributed by atoms with Gasteiger partial charge in [-0.3, -0.25) is 11.8 Å². The quantitative estimate of drug-likeness (QED) is 0.666. The molecule has 0 saturated heterocycles. The number of benzene rings is 1. The van der Waals surface area contributed by atoms with Gasteiger partial charge in [0.2, 0.25) is 0 Å². The Morgan fingerprint density at radius 1 is 1.23 bits per heavy atom. The molecule has 0 aliphatic heterocycles. The van der Waals surface area contributed by atoms with Crippen LogP contribution < -0.4 is 29.6 Å². The minimum Gasteiger partial charge on any atom is -0.458 e.